The predicted octanol–water partition coefficient (Wildman–Crippen LogP) is 2.60. The first-order valence-corrected chi connectivity index (χ1v) is 9.21. The molecular formula is C21H30N5+. The Balaban J connectivity index is 1.91. The molecule has 3 rings (SSSR count). The summed E-state index contributed by atoms with van der Waals surface area (Å²) in [5.41, 5.74) is 5.36. The van der Waals surface area contributed by atoms with E-state index in [0.29, 0.717) is 0 Å². The standard InChI is InChI=1S/C21H29N5/c1-15-7-9-17(10-8-15)18-12-20-23-16(2)11-19(26(20)24-18)22-13-21(3,4)14-25(5)6/h7-12,22H,13-14H2,1-6H3/p+1. The van der Waals surface area contributed by atoms with E-state index in [9.17, 15) is 0 Å². The largest absolute Gasteiger partial charge is 0.369 e. The Kier molecular flexibility index (Phi) is 5.01. The highest BCUT2D eigenvalue weighted by Crippen LogP contribution is 2.23. The highest BCUT2D eigenvalue weighted by atomic mass is 15.3. The van der Waals surface area contributed by atoms with Crippen LogP contribution in [0.5, 0.6) is 0 Å². The van der Waals surface area contributed by atoms with Crippen molar-refractivity contribution in [2.75, 3.05) is 32.5 Å². The van der Waals surface area contributed by atoms with Gasteiger partial charge < -0.3 is 10.2 Å². The molecule has 138 valence electrons. The van der Waals surface area contributed by atoms with E-state index >= 15 is 0 Å². The molecule has 5 nitrogen and oxygen atoms in total. The smallest absolute Gasteiger partial charge is 0.158 e. The van der Waals surface area contributed by atoms with E-state index in [1.54, 1.807) is 0 Å². The normalized spacial score (nSPS) is 12.1. The molecule has 0 radical (unpaired) electrons. The lowest BCUT2D eigenvalue weighted by molar-refractivity contribution is -0.865. The van der Waals surface area contributed by atoms with Gasteiger partial charge in [-0.2, -0.15) is 9.61 Å². The quantitative estimate of drug-likeness (QED) is 0.717. The van der Waals surface area contributed by atoms with Crippen LogP contribution in [0.25, 0.3) is 16.9 Å². The van der Waals surface area contributed by atoms with Crippen molar-refractivity contribution in [2.45, 2.75) is 27.7 Å². The summed E-state index contributed by atoms with van der Waals surface area (Å²) < 4.78 is 1.92. The van der Waals surface area contributed by atoms with Crippen LogP contribution in [-0.4, -0.2) is 41.8 Å². The van der Waals surface area contributed by atoms with Gasteiger partial charge in [0.1, 0.15) is 5.82 Å². The van der Waals surface area contributed by atoms with Crippen LogP contribution in [-0.2, 0) is 0 Å². The molecule has 2 aromatic heterocycles. The molecule has 0 aliphatic heterocycles. The number of aryl methyl sites for hydroxylation is 2. The maximum atomic E-state index is 4.80. The predicted molar refractivity (Wildman–Crippen MR) is 108 cm³/mol. The number of rotatable bonds is 6. The number of fused-ring (bicyclic) bond motifs is 1. The lowest BCUT2D eigenvalue weighted by atomic mass is 9.93. The fraction of sp³-hybridized carbons (Fsp3) is 0.429. The Bertz CT molecular complexity index is 891. The van der Waals surface area contributed by atoms with Gasteiger partial charge in [-0.1, -0.05) is 43.7 Å². The molecule has 0 unspecified atom stereocenters. The van der Waals surface area contributed by atoms with Crippen LogP contribution >= 0.6 is 0 Å². The van der Waals surface area contributed by atoms with Gasteiger partial charge in [-0.25, -0.2) is 4.98 Å². The summed E-state index contributed by atoms with van der Waals surface area (Å²) >= 11 is 0. The summed E-state index contributed by atoms with van der Waals surface area (Å²) in [6, 6.07) is 12.6. The zero-order valence-electron chi connectivity index (χ0n) is 16.7. The summed E-state index contributed by atoms with van der Waals surface area (Å²) in [4.78, 5) is 6.10. The number of nitrogens with zero attached hydrogens (tertiary/aromatic N) is 3. The summed E-state index contributed by atoms with van der Waals surface area (Å²) in [5.74, 6) is 0.993. The molecule has 2 N–H and O–H groups in total. The number of hydrogen-bond acceptors (Lipinski definition) is 3. The Morgan fingerprint density at radius 3 is 2.42 bits per heavy atom. The van der Waals surface area contributed by atoms with E-state index in [1.807, 2.05) is 11.4 Å². The minimum Gasteiger partial charge on any atom is -0.369 e. The molecular weight excluding hydrogens is 322 g/mol. The molecule has 5 heteroatoms. The van der Waals surface area contributed by atoms with Gasteiger partial charge in [-0.15, -0.1) is 0 Å². The van der Waals surface area contributed by atoms with Crippen LogP contribution in [0.3, 0.4) is 0 Å². The SMILES string of the molecule is Cc1ccc(-c2cc3nc(C)cc(NCC(C)(C)C[NH+](C)C)n3n2)cc1. The summed E-state index contributed by atoms with van der Waals surface area (Å²) in [6.07, 6.45) is 0. The van der Waals surface area contributed by atoms with Gasteiger partial charge in [-0.05, 0) is 13.8 Å². The van der Waals surface area contributed by atoms with E-state index in [0.717, 1.165) is 41.5 Å². The van der Waals surface area contributed by atoms with Crippen molar-refractivity contribution < 1.29 is 4.90 Å². The second-order valence-corrected chi connectivity index (χ2v) is 8.35. The summed E-state index contributed by atoms with van der Waals surface area (Å²) in [5, 5.41) is 8.40. The zero-order chi connectivity index (χ0) is 18.9. The fourth-order valence-corrected chi connectivity index (χ4v) is 3.44. The molecule has 3 aromatic rings. The maximum Gasteiger partial charge on any atom is 0.158 e. The van der Waals surface area contributed by atoms with Crippen LogP contribution in [0.15, 0.2) is 36.4 Å². The number of quaternary nitrogens is 1. The molecule has 0 amide bonds. The molecule has 2 heterocycles. The van der Waals surface area contributed by atoms with Gasteiger partial charge in [0.25, 0.3) is 0 Å². The van der Waals surface area contributed by atoms with Crippen molar-refractivity contribution >= 4 is 11.5 Å². The van der Waals surface area contributed by atoms with Crippen LogP contribution in [0.1, 0.15) is 25.1 Å². The molecule has 0 saturated heterocycles. The first-order valence-electron chi connectivity index (χ1n) is 9.21. The highest BCUT2D eigenvalue weighted by molar-refractivity contribution is 5.66. The van der Waals surface area contributed by atoms with E-state index < -0.39 is 0 Å². The second-order valence-electron chi connectivity index (χ2n) is 8.35. The van der Waals surface area contributed by atoms with Gasteiger partial charge >= 0.3 is 0 Å². The minimum atomic E-state index is 0.190. The van der Waals surface area contributed by atoms with E-state index in [4.69, 9.17) is 5.10 Å². The zero-order valence-corrected chi connectivity index (χ0v) is 16.7. The lowest BCUT2D eigenvalue weighted by Crippen LogP contribution is -3.07. The second kappa shape index (κ2) is 7.08. The number of nitrogens with one attached hydrogen (secondary N) is 2. The van der Waals surface area contributed by atoms with Crippen molar-refractivity contribution in [1.82, 2.24) is 14.6 Å². The third-order valence-corrected chi connectivity index (χ3v) is 4.48. The highest BCUT2D eigenvalue weighted by Gasteiger charge is 2.22. The first kappa shape index (κ1) is 18.4. The number of benzene rings is 1. The molecule has 0 aliphatic carbocycles. The lowest BCUT2D eigenvalue weighted by Gasteiger charge is -2.26. The Hall–Kier alpha value is -2.40. The first-order chi connectivity index (χ1) is 12.2. The van der Waals surface area contributed by atoms with Crippen molar-refractivity contribution in [3.8, 4) is 11.3 Å². The minimum absolute atomic E-state index is 0.190. The van der Waals surface area contributed by atoms with Crippen LogP contribution < -0.4 is 10.2 Å². The Morgan fingerprint density at radius 2 is 1.77 bits per heavy atom. The Labute approximate surface area is 156 Å². The fourth-order valence-electron chi connectivity index (χ4n) is 3.44. The third kappa shape index (κ3) is 4.22. The molecule has 26 heavy (non-hydrogen) atoms. The topological polar surface area (TPSA) is 46.7 Å². The molecule has 1 aromatic carbocycles. The number of anilines is 1. The average molecular weight is 353 g/mol. The molecule has 0 aliphatic rings. The van der Waals surface area contributed by atoms with E-state index in [-0.39, 0.29) is 5.41 Å². The van der Waals surface area contributed by atoms with Crippen LogP contribution in [0.2, 0.25) is 0 Å². The van der Waals surface area contributed by atoms with Crippen molar-refractivity contribution in [3.63, 3.8) is 0 Å². The van der Waals surface area contributed by atoms with Crippen LogP contribution in [0, 0.1) is 19.3 Å². The van der Waals surface area contributed by atoms with Crippen molar-refractivity contribution in [3.05, 3.63) is 47.7 Å². The van der Waals surface area contributed by atoms with Gasteiger partial charge in [-0.3, -0.25) is 0 Å². The van der Waals surface area contributed by atoms with Gasteiger partial charge in [0.2, 0.25) is 0 Å². The monoisotopic (exact) mass is 352 g/mol. The maximum absolute atomic E-state index is 4.80. The third-order valence-electron chi connectivity index (χ3n) is 4.48. The molecule has 0 spiro atoms. The molecule has 0 saturated carbocycles. The van der Waals surface area contributed by atoms with Crippen molar-refractivity contribution in [1.29, 1.82) is 0 Å². The summed E-state index contributed by atoms with van der Waals surface area (Å²) in [6.45, 7) is 10.7. The summed E-state index contributed by atoms with van der Waals surface area (Å²) in [7, 11) is 4.38. The number of aromatic nitrogens is 3. The van der Waals surface area contributed by atoms with E-state index in [2.05, 4.69) is 81.6 Å². The van der Waals surface area contributed by atoms with Gasteiger partial charge in [0.05, 0.1) is 26.3 Å². The molecule has 0 fully saturated rings. The van der Waals surface area contributed by atoms with E-state index in [1.165, 1.54) is 10.5 Å². The van der Waals surface area contributed by atoms with Gasteiger partial charge in [0, 0.05) is 35.3 Å². The Morgan fingerprint density at radius 1 is 1.08 bits per heavy atom. The molecule has 0 atom stereocenters. The molecule has 0 bridgehead atoms. The van der Waals surface area contributed by atoms with Crippen molar-refractivity contribution in [2.24, 2.45) is 5.41 Å². The average Bonchev–Trinajstić information content (AvgIpc) is 2.96. The van der Waals surface area contributed by atoms with Gasteiger partial charge in [0.15, 0.2) is 5.65 Å². The number of hydrogen-bond donors (Lipinski definition) is 2. The van der Waals surface area contributed by atoms with Crippen LogP contribution in [0.4, 0.5) is 5.82 Å².